The molecular formula is C13H30N4O2S. The van der Waals surface area contributed by atoms with E-state index in [2.05, 4.69) is 22.5 Å². The Bertz CT molecular complexity index is 369. The summed E-state index contributed by atoms with van der Waals surface area (Å²) in [5.41, 5.74) is 0. The van der Waals surface area contributed by atoms with E-state index in [0.717, 1.165) is 25.3 Å². The van der Waals surface area contributed by atoms with Crippen molar-refractivity contribution in [2.45, 2.75) is 39.5 Å². The predicted molar refractivity (Wildman–Crippen MR) is 85.6 cm³/mol. The molecule has 0 fully saturated rings. The van der Waals surface area contributed by atoms with Gasteiger partial charge in [0.1, 0.15) is 0 Å². The van der Waals surface area contributed by atoms with Crippen molar-refractivity contribution in [1.29, 1.82) is 0 Å². The summed E-state index contributed by atoms with van der Waals surface area (Å²) in [6, 6.07) is 0. The zero-order chi connectivity index (χ0) is 15.4. The van der Waals surface area contributed by atoms with Crippen molar-refractivity contribution >= 4 is 16.0 Å². The minimum Gasteiger partial charge on any atom is -0.356 e. The van der Waals surface area contributed by atoms with Crippen LogP contribution >= 0.6 is 0 Å². The highest BCUT2D eigenvalue weighted by atomic mass is 32.2. The second-order valence-electron chi connectivity index (χ2n) is 4.71. The second kappa shape index (κ2) is 10.9. The summed E-state index contributed by atoms with van der Waals surface area (Å²) >= 11 is 0. The molecule has 0 aromatic heterocycles. The number of sulfonamides is 1. The van der Waals surface area contributed by atoms with Gasteiger partial charge in [0.15, 0.2) is 5.96 Å². The maximum absolute atomic E-state index is 11.6. The van der Waals surface area contributed by atoms with E-state index in [1.807, 2.05) is 0 Å². The lowest BCUT2D eigenvalue weighted by atomic mass is 10.2. The molecule has 0 atom stereocenters. The van der Waals surface area contributed by atoms with Crippen molar-refractivity contribution in [2.24, 2.45) is 4.99 Å². The Hall–Kier alpha value is -0.820. The lowest BCUT2D eigenvalue weighted by molar-refractivity contribution is 0.461. The van der Waals surface area contributed by atoms with Crippen molar-refractivity contribution in [3.8, 4) is 0 Å². The van der Waals surface area contributed by atoms with E-state index in [4.69, 9.17) is 0 Å². The zero-order valence-electron chi connectivity index (χ0n) is 13.3. The predicted octanol–water partition coefficient (Wildman–Crippen LogP) is 1.01. The Morgan fingerprint density at radius 2 is 1.70 bits per heavy atom. The van der Waals surface area contributed by atoms with Gasteiger partial charge in [0.25, 0.3) is 0 Å². The number of nitrogens with one attached hydrogen (secondary N) is 2. The molecule has 0 rings (SSSR count). The molecule has 0 spiro atoms. The Balaban J connectivity index is 3.81. The van der Waals surface area contributed by atoms with Crippen molar-refractivity contribution in [2.75, 3.05) is 39.5 Å². The third-order valence-corrected chi connectivity index (χ3v) is 4.94. The molecule has 0 aromatic carbocycles. The minimum absolute atomic E-state index is 0.150. The van der Waals surface area contributed by atoms with Gasteiger partial charge in [-0.2, -0.15) is 0 Å². The molecule has 120 valence electrons. The third kappa shape index (κ3) is 8.37. The molecular weight excluding hydrogens is 276 g/mol. The molecule has 0 aliphatic rings. The van der Waals surface area contributed by atoms with Gasteiger partial charge < -0.3 is 10.6 Å². The molecule has 0 heterocycles. The normalized spacial score (nSPS) is 12.8. The van der Waals surface area contributed by atoms with Crippen molar-refractivity contribution < 1.29 is 8.42 Å². The quantitative estimate of drug-likeness (QED) is 0.359. The summed E-state index contributed by atoms with van der Waals surface area (Å²) in [5.74, 6) is 0.930. The van der Waals surface area contributed by atoms with E-state index in [-0.39, 0.29) is 5.75 Å². The standard InChI is InChI=1S/C13H30N4O2S/c1-5-7-8-10-15-13(14-3)16-11-9-12-17(4)20(18,19)6-2/h5-12H2,1-4H3,(H2,14,15,16). The summed E-state index contributed by atoms with van der Waals surface area (Å²) in [5, 5.41) is 6.43. The van der Waals surface area contributed by atoms with Gasteiger partial charge in [-0.15, -0.1) is 0 Å². The van der Waals surface area contributed by atoms with E-state index >= 15 is 0 Å². The average Bonchev–Trinajstić information content (AvgIpc) is 2.45. The molecule has 0 unspecified atom stereocenters. The molecule has 0 saturated heterocycles. The molecule has 0 radical (unpaired) electrons. The Kier molecular flexibility index (Phi) is 10.5. The molecule has 0 aromatic rings. The van der Waals surface area contributed by atoms with E-state index in [0.29, 0.717) is 13.1 Å². The number of hydrogen-bond acceptors (Lipinski definition) is 3. The van der Waals surface area contributed by atoms with E-state index in [1.54, 1.807) is 21.0 Å². The first-order valence-electron chi connectivity index (χ1n) is 7.36. The van der Waals surface area contributed by atoms with Crippen LogP contribution in [0.15, 0.2) is 4.99 Å². The van der Waals surface area contributed by atoms with E-state index in [9.17, 15) is 8.42 Å². The smallest absolute Gasteiger partial charge is 0.213 e. The van der Waals surface area contributed by atoms with Crippen LogP contribution in [-0.2, 0) is 10.0 Å². The number of unbranched alkanes of at least 4 members (excludes halogenated alkanes) is 2. The van der Waals surface area contributed by atoms with E-state index < -0.39 is 10.0 Å². The third-order valence-electron chi connectivity index (χ3n) is 3.08. The maximum Gasteiger partial charge on any atom is 0.213 e. The van der Waals surface area contributed by atoms with Gasteiger partial charge in [0.2, 0.25) is 10.0 Å². The average molecular weight is 306 g/mol. The first-order chi connectivity index (χ1) is 9.47. The fourth-order valence-electron chi connectivity index (χ4n) is 1.67. The van der Waals surface area contributed by atoms with Gasteiger partial charge in [-0.05, 0) is 19.8 Å². The summed E-state index contributed by atoms with van der Waals surface area (Å²) in [7, 11) is 0.295. The van der Waals surface area contributed by atoms with Gasteiger partial charge >= 0.3 is 0 Å². The van der Waals surface area contributed by atoms with Gasteiger partial charge in [-0.3, -0.25) is 4.99 Å². The molecule has 2 N–H and O–H groups in total. The van der Waals surface area contributed by atoms with Gasteiger partial charge in [0.05, 0.1) is 5.75 Å². The second-order valence-corrected chi connectivity index (χ2v) is 7.07. The molecule has 20 heavy (non-hydrogen) atoms. The SMILES string of the molecule is CCCCCNC(=NC)NCCCN(C)S(=O)(=O)CC. The van der Waals surface area contributed by atoms with Crippen molar-refractivity contribution in [3.63, 3.8) is 0 Å². The minimum atomic E-state index is -3.07. The Morgan fingerprint density at radius 1 is 1.10 bits per heavy atom. The first kappa shape index (κ1) is 19.2. The maximum atomic E-state index is 11.6. The van der Waals surface area contributed by atoms with Crippen LogP contribution in [0, 0.1) is 0 Å². The Labute approximate surface area is 124 Å². The number of aliphatic imine (C=N–C) groups is 1. The highest BCUT2D eigenvalue weighted by Gasteiger charge is 2.13. The van der Waals surface area contributed by atoms with Crippen LogP contribution in [0.2, 0.25) is 0 Å². The molecule has 0 saturated carbocycles. The van der Waals surface area contributed by atoms with Gasteiger partial charge in [0, 0.05) is 33.7 Å². The van der Waals surface area contributed by atoms with Crippen LogP contribution in [-0.4, -0.2) is 58.2 Å². The van der Waals surface area contributed by atoms with Crippen molar-refractivity contribution in [1.82, 2.24) is 14.9 Å². The van der Waals surface area contributed by atoms with Crippen LogP contribution in [0.4, 0.5) is 0 Å². The van der Waals surface area contributed by atoms with Crippen LogP contribution in [0.25, 0.3) is 0 Å². The first-order valence-corrected chi connectivity index (χ1v) is 8.97. The van der Waals surface area contributed by atoms with Crippen LogP contribution in [0.3, 0.4) is 0 Å². The van der Waals surface area contributed by atoms with Crippen LogP contribution < -0.4 is 10.6 Å². The molecule has 6 nitrogen and oxygen atoms in total. The summed E-state index contributed by atoms with van der Waals surface area (Å²) in [6.45, 7) is 5.98. The molecule has 0 aliphatic heterocycles. The van der Waals surface area contributed by atoms with Gasteiger partial charge in [-0.1, -0.05) is 19.8 Å². The van der Waals surface area contributed by atoms with E-state index in [1.165, 1.54) is 17.1 Å². The topological polar surface area (TPSA) is 73.8 Å². The monoisotopic (exact) mass is 306 g/mol. The highest BCUT2D eigenvalue weighted by molar-refractivity contribution is 7.89. The number of rotatable bonds is 10. The largest absolute Gasteiger partial charge is 0.356 e. The fourth-order valence-corrected chi connectivity index (χ4v) is 2.52. The molecule has 0 bridgehead atoms. The molecule has 7 heteroatoms. The van der Waals surface area contributed by atoms with Crippen molar-refractivity contribution in [3.05, 3.63) is 0 Å². The summed E-state index contributed by atoms with van der Waals surface area (Å²) in [6.07, 6.45) is 4.30. The number of nitrogens with zero attached hydrogens (tertiary/aromatic N) is 2. The lowest BCUT2D eigenvalue weighted by Crippen LogP contribution is -2.39. The Morgan fingerprint density at radius 3 is 2.20 bits per heavy atom. The number of hydrogen-bond donors (Lipinski definition) is 2. The summed E-state index contributed by atoms with van der Waals surface area (Å²) < 4.78 is 24.5. The lowest BCUT2D eigenvalue weighted by Gasteiger charge is -2.16. The molecule has 0 aliphatic carbocycles. The van der Waals surface area contributed by atoms with Crippen LogP contribution in [0.1, 0.15) is 39.5 Å². The summed E-state index contributed by atoms with van der Waals surface area (Å²) in [4.78, 5) is 4.13. The zero-order valence-corrected chi connectivity index (χ0v) is 14.1. The van der Waals surface area contributed by atoms with Gasteiger partial charge in [-0.25, -0.2) is 12.7 Å². The number of guanidine groups is 1. The molecule has 0 amide bonds. The van der Waals surface area contributed by atoms with Crippen LogP contribution in [0.5, 0.6) is 0 Å². The highest BCUT2D eigenvalue weighted by Crippen LogP contribution is 1.98. The fraction of sp³-hybridized carbons (Fsp3) is 0.923.